The molecule has 1 aliphatic rings. The molecule has 2 atom stereocenters. The molecular formula is C20H31N5OS. The van der Waals surface area contributed by atoms with Gasteiger partial charge in [-0.2, -0.15) is 0 Å². The summed E-state index contributed by atoms with van der Waals surface area (Å²) in [6, 6.07) is 10.7. The molecule has 1 fully saturated rings. The first-order valence-corrected chi connectivity index (χ1v) is 10.4. The average Bonchev–Trinajstić information content (AvgIpc) is 3.12. The van der Waals surface area contributed by atoms with Gasteiger partial charge in [-0.3, -0.25) is 9.89 Å². The molecule has 0 amide bonds. The van der Waals surface area contributed by atoms with Crippen molar-refractivity contribution in [3.63, 3.8) is 0 Å². The standard InChI is InChI=1S/C20H31N5OS/c1-15(25-10-8-24(3)9-11-25)13-22-20(21-2)23-14-17(26)19-12-16-6-4-5-7-18(16)27-19/h4-7,12,15,17,26H,8-11,13-14H2,1-3H3,(H2,21,22,23). The monoisotopic (exact) mass is 389 g/mol. The van der Waals surface area contributed by atoms with Crippen molar-refractivity contribution in [3.05, 3.63) is 35.2 Å². The van der Waals surface area contributed by atoms with Crippen LogP contribution in [0.5, 0.6) is 0 Å². The van der Waals surface area contributed by atoms with E-state index in [1.165, 1.54) is 10.1 Å². The second-order valence-corrected chi connectivity index (χ2v) is 8.34. The zero-order valence-electron chi connectivity index (χ0n) is 16.5. The quantitative estimate of drug-likeness (QED) is 0.519. The molecule has 2 unspecified atom stereocenters. The molecule has 0 spiro atoms. The zero-order valence-corrected chi connectivity index (χ0v) is 17.3. The topological polar surface area (TPSA) is 63.1 Å². The molecule has 3 N–H and O–H groups in total. The SMILES string of the molecule is CN=C(NCC(O)c1cc2ccccc2s1)NCC(C)N1CCN(C)CC1. The lowest BCUT2D eigenvalue weighted by Crippen LogP contribution is -2.52. The number of aliphatic hydroxyl groups is 1. The molecule has 1 aromatic carbocycles. The molecule has 1 saturated heterocycles. The Bertz CT molecular complexity index is 721. The lowest BCUT2D eigenvalue weighted by molar-refractivity contribution is 0.120. The van der Waals surface area contributed by atoms with Gasteiger partial charge in [0.25, 0.3) is 0 Å². The van der Waals surface area contributed by atoms with Crippen LogP contribution in [0.1, 0.15) is 17.9 Å². The fourth-order valence-electron chi connectivity index (χ4n) is 3.32. The van der Waals surface area contributed by atoms with E-state index in [0.717, 1.165) is 43.6 Å². The molecule has 27 heavy (non-hydrogen) atoms. The Balaban J connectivity index is 1.45. The van der Waals surface area contributed by atoms with Crippen LogP contribution in [0.3, 0.4) is 0 Å². The van der Waals surface area contributed by atoms with Gasteiger partial charge in [0.1, 0.15) is 6.10 Å². The van der Waals surface area contributed by atoms with Gasteiger partial charge in [-0.15, -0.1) is 11.3 Å². The summed E-state index contributed by atoms with van der Waals surface area (Å²) in [6.07, 6.45) is -0.545. The average molecular weight is 390 g/mol. The highest BCUT2D eigenvalue weighted by molar-refractivity contribution is 7.19. The molecule has 148 valence electrons. The minimum Gasteiger partial charge on any atom is -0.386 e. The fraction of sp³-hybridized carbons (Fsp3) is 0.550. The number of nitrogens with zero attached hydrogens (tertiary/aromatic N) is 3. The van der Waals surface area contributed by atoms with Crippen LogP contribution in [0.15, 0.2) is 35.3 Å². The normalized spacial score (nSPS) is 19.2. The second kappa shape index (κ2) is 9.50. The van der Waals surface area contributed by atoms with Crippen molar-refractivity contribution in [2.45, 2.75) is 19.1 Å². The van der Waals surface area contributed by atoms with Crippen LogP contribution >= 0.6 is 11.3 Å². The first-order valence-electron chi connectivity index (χ1n) is 9.60. The van der Waals surface area contributed by atoms with Crippen molar-refractivity contribution in [2.75, 3.05) is 53.4 Å². The number of nitrogens with one attached hydrogen (secondary N) is 2. The predicted octanol–water partition coefficient (Wildman–Crippen LogP) is 1.74. The maximum Gasteiger partial charge on any atom is 0.191 e. The van der Waals surface area contributed by atoms with Crippen molar-refractivity contribution >= 4 is 27.4 Å². The third-order valence-corrected chi connectivity index (χ3v) is 6.40. The van der Waals surface area contributed by atoms with Crippen molar-refractivity contribution in [1.29, 1.82) is 0 Å². The lowest BCUT2D eigenvalue weighted by Gasteiger charge is -2.36. The molecule has 6 nitrogen and oxygen atoms in total. The largest absolute Gasteiger partial charge is 0.386 e. The summed E-state index contributed by atoms with van der Waals surface area (Å²) in [6.45, 7) is 7.98. The van der Waals surface area contributed by atoms with Crippen LogP contribution in [-0.2, 0) is 0 Å². The molecule has 0 aliphatic carbocycles. The summed E-state index contributed by atoms with van der Waals surface area (Å²) < 4.78 is 1.20. The molecular weight excluding hydrogens is 358 g/mol. The Hall–Kier alpha value is -1.67. The molecule has 2 heterocycles. The Morgan fingerprint density at radius 3 is 2.59 bits per heavy atom. The number of rotatable bonds is 6. The number of hydrogen-bond acceptors (Lipinski definition) is 5. The zero-order chi connectivity index (χ0) is 19.2. The van der Waals surface area contributed by atoms with Gasteiger partial charge >= 0.3 is 0 Å². The number of aliphatic hydroxyl groups excluding tert-OH is 1. The Morgan fingerprint density at radius 1 is 1.19 bits per heavy atom. The van der Waals surface area contributed by atoms with E-state index in [9.17, 15) is 5.11 Å². The fourth-order valence-corrected chi connectivity index (χ4v) is 4.37. The summed E-state index contributed by atoms with van der Waals surface area (Å²) in [5.74, 6) is 0.733. The minimum absolute atomic E-state index is 0.440. The number of aliphatic imine (C=N–C) groups is 1. The van der Waals surface area contributed by atoms with Gasteiger partial charge in [-0.1, -0.05) is 18.2 Å². The predicted molar refractivity (Wildman–Crippen MR) is 115 cm³/mol. The third kappa shape index (κ3) is 5.42. The molecule has 1 aromatic heterocycles. The van der Waals surface area contributed by atoms with Crippen LogP contribution < -0.4 is 10.6 Å². The first-order chi connectivity index (χ1) is 13.1. The molecule has 3 rings (SSSR count). The summed E-state index contributed by atoms with van der Waals surface area (Å²) in [5, 5.41) is 18.3. The lowest BCUT2D eigenvalue weighted by atomic mass is 10.2. The van der Waals surface area contributed by atoms with Crippen LogP contribution in [0.4, 0.5) is 0 Å². The van der Waals surface area contributed by atoms with Gasteiger partial charge in [0.05, 0.1) is 0 Å². The van der Waals surface area contributed by atoms with E-state index in [0.29, 0.717) is 12.6 Å². The molecule has 0 radical (unpaired) electrons. The van der Waals surface area contributed by atoms with Gasteiger partial charge in [-0.25, -0.2) is 0 Å². The highest BCUT2D eigenvalue weighted by atomic mass is 32.1. The highest BCUT2D eigenvalue weighted by Crippen LogP contribution is 2.29. The number of hydrogen-bond donors (Lipinski definition) is 3. The second-order valence-electron chi connectivity index (χ2n) is 7.22. The number of benzene rings is 1. The number of piperazine rings is 1. The minimum atomic E-state index is -0.545. The molecule has 0 bridgehead atoms. The smallest absolute Gasteiger partial charge is 0.191 e. The Morgan fingerprint density at radius 2 is 1.89 bits per heavy atom. The molecule has 7 heteroatoms. The first kappa shape index (κ1) is 20.1. The van der Waals surface area contributed by atoms with E-state index in [2.05, 4.69) is 57.6 Å². The van der Waals surface area contributed by atoms with Gasteiger partial charge in [0.2, 0.25) is 0 Å². The van der Waals surface area contributed by atoms with E-state index in [1.54, 1.807) is 18.4 Å². The molecule has 0 saturated carbocycles. The van der Waals surface area contributed by atoms with E-state index >= 15 is 0 Å². The third-order valence-electron chi connectivity index (χ3n) is 5.19. The van der Waals surface area contributed by atoms with Crippen LogP contribution in [0.25, 0.3) is 10.1 Å². The van der Waals surface area contributed by atoms with Crippen molar-refractivity contribution < 1.29 is 5.11 Å². The van der Waals surface area contributed by atoms with Crippen LogP contribution in [0, 0.1) is 0 Å². The van der Waals surface area contributed by atoms with Gasteiger partial charge in [-0.05, 0) is 31.5 Å². The van der Waals surface area contributed by atoms with Gasteiger partial charge in [0, 0.05) is 61.9 Å². The maximum absolute atomic E-state index is 10.5. The number of guanidine groups is 1. The highest BCUT2D eigenvalue weighted by Gasteiger charge is 2.19. The van der Waals surface area contributed by atoms with E-state index in [4.69, 9.17) is 0 Å². The summed E-state index contributed by atoms with van der Waals surface area (Å²) in [5.41, 5.74) is 0. The van der Waals surface area contributed by atoms with E-state index in [1.807, 2.05) is 12.1 Å². The summed E-state index contributed by atoms with van der Waals surface area (Å²) >= 11 is 1.64. The van der Waals surface area contributed by atoms with Crippen molar-refractivity contribution in [1.82, 2.24) is 20.4 Å². The van der Waals surface area contributed by atoms with Gasteiger partial charge in [0.15, 0.2) is 5.96 Å². The maximum atomic E-state index is 10.5. The summed E-state index contributed by atoms with van der Waals surface area (Å²) in [4.78, 5) is 10.1. The summed E-state index contributed by atoms with van der Waals surface area (Å²) in [7, 11) is 3.94. The molecule has 1 aliphatic heterocycles. The number of likely N-dealkylation sites (N-methyl/N-ethyl adjacent to an activating group) is 1. The van der Waals surface area contributed by atoms with Gasteiger partial charge < -0.3 is 20.6 Å². The van der Waals surface area contributed by atoms with Crippen LogP contribution in [0.2, 0.25) is 0 Å². The van der Waals surface area contributed by atoms with E-state index < -0.39 is 6.10 Å². The van der Waals surface area contributed by atoms with Crippen molar-refractivity contribution in [3.8, 4) is 0 Å². The molecule has 2 aromatic rings. The van der Waals surface area contributed by atoms with Crippen LogP contribution in [-0.4, -0.2) is 80.3 Å². The number of thiophene rings is 1. The van der Waals surface area contributed by atoms with Crippen molar-refractivity contribution in [2.24, 2.45) is 4.99 Å². The Labute approximate surface area is 165 Å². The Kier molecular flexibility index (Phi) is 7.07. The number of fused-ring (bicyclic) bond motifs is 1. The van der Waals surface area contributed by atoms with E-state index in [-0.39, 0.29) is 0 Å².